The zero-order valence-corrected chi connectivity index (χ0v) is 8.20. The molecule has 0 saturated carbocycles. The van der Waals surface area contributed by atoms with Gasteiger partial charge in [-0.25, -0.2) is 0 Å². The molecule has 0 aromatic heterocycles. The lowest BCUT2D eigenvalue weighted by Gasteiger charge is -2.24. The van der Waals surface area contributed by atoms with Crippen molar-refractivity contribution in [3.05, 3.63) is 0 Å². The van der Waals surface area contributed by atoms with Gasteiger partial charge in [-0.3, -0.25) is 9.59 Å². The van der Waals surface area contributed by atoms with Crippen molar-refractivity contribution in [2.45, 2.75) is 33.6 Å². The molecule has 0 heterocycles. The minimum Gasteiger partial charge on any atom is -0.481 e. The minimum absolute atomic E-state index is 0.181. The van der Waals surface area contributed by atoms with Gasteiger partial charge < -0.3 is 10.2 Å². The second kappa shape index (κ2) is 4.25. The van der Waals surface area contributed by atoms with Crippen molar-refractivity contribution < 1.29 is 19.8 Å². The summed E-state index contributed by atoms with van der Waals surface area (Å²) in [5.74, 6) is -1.92. The van der Waals surface area contributed by atoms with Gasteiger partial charge >= 0.3 is 11.9 Å². The third kappa shape index (κ3) is 3.92. The van der Waals surface area contributed by atoms with Crippen LogP contribution in [0.2, 0.25) is 0 Å². The van der Waals surface area contributed by atoms with Crippen molar-refractivity contribution in [1.82, 2.24) is 0 Å². The lowest BCUT2D eigenvalue weighted by atomic mass is 9.79. The Morgan fingerprint density at radius 2 is 1.77 bits per heavy atom. The molecule has 0 bridgehead atoms. The van der Waals surface area contributed by atoms with Crippen molar-refractivity contribution >= 4 is 11.9 Å². The molecule has 0 radical (unpaired) electrons. The van der Waals surface area contributed by atoms with Gasteiger partial charge in [-0.2, -0.15) is 0 Å². The molecule has 0 spiro atoms. The quantitative estimate of drug-likeness (QED) is 0.687. The molecule has 0 unspecified atom stereocenters. The number of hydrogen-bond donors (Lipinski definition) is 2. The van der Waals surface area contributed by atoms with Crippen LogP contribution >= 0.6 is 0 Å². The fourth-order valence-corrected chi connectivity index (χ4v) is 1.47. The van der Waals surface area contributed by atoms with Gasteiger partial charge in [0, 0.05) is 0 Å². The summed E-state index contributed by atoms with van der Waals surface area (Å²) in [4.78, 5) is 21.3. The normalized spacial score (nSPS) is 15.4. The van der Waals surface area contributed by atoms with Gasteiger partial charge in [-0.05, 0) is 19.3 Å². The Hall–Kier alpha value is -1.06. The van der Waals surface area contributed by atoms with Crippen LogP contribution in [-0.2, 0) is 9.59 Å². The van der Waals surface area contributed by atoms with Gasteiger partial charge in [0.05, 0.1) is 11.8 Å². The van der Waals surface area contributed by atoms with Crippen LogP contribution in [0.5, 0.6) is 0 Å². The Morgan fingerprint density at radius 1 is 1.31 bits per heavy atom. The lowest BCUT2D eigenvalue weighted by molar-refractivity contribution is -0.155. The Labute approximate surface area is 77.6 Å². The molecular weight excluding hydrogens is 172 g/mol. The van der Waals surface area contributed by atoms with E-state index in [0.29, 0.717) is 6.42 Å². The molecule has 1 atom stereocenters. The van der Waals surface area contributed by atoms with Crippen molar-refractivity contribution in [3.8, 4) is 0 Å². The van der Waals surface area contributed by atoms with E-state index >= 15 is 0 Å². The molecule has 0 fully saturated rings. The monoisotopic (exact) mass is 188 g/mol. The number of carbonyl (C=O) groups is 2. The molecule has 2 N–H and O–H groups in total. The maximum absolute atomic E-state index is 10.8. The van der Waals surface area contributed by atoms with Crippen LogP contribution in [-0.4, -0.2) is 22.2 Å². The maximum Gasteiger partial charge on any atom is 0.309 e. The second-order valence-corrected chi connectivity index (χ2v) is 4.03. The summed E-state index contributed by atoms with van der Waals surface area (Å²) in [7, 11) is 0. The Balaban J connectivity index is 4.52. The Kier molecular flexibility index (Phi) is 3.91. The van der Waals surface area contributed by atoms with E-state index in [4.69, 9.17) is 10.2 Å². The van der Waals surface area contributed by atoms with Crippen molar-refractivity contribution in [2.75, 3.05) is 0 Å². The predicted octanol–water partition coefficient (Wildman–Crippen LogP) is 1.60. The molecule has 0 aliphatic heterocycles. The smallest absolute Gasteiger partial charge is 0.309 e. The number of carboxylic acids is 2. The van der Waals surface area contributed by atoms with Gasteiger partial charge in [-0.15, -0.1) is 0 Å². The summed E-state index contributed by atoms with van der Waals surface area (Å²) in [5.41, 5.74) is -1.14. The summed E-state index contributed by atoms with van der Waals surface area (Å²) in [6.07, 6.45) is 0.0646. The largest absolute Gasteiger partial charge is 0.481 e. The molecule has 4 heteroatoms. The number of carboxylic acid groups (broad SMARTS) is 2. The molecule has 0 saturated heterocycles. The van der Waals surface area contributed by atoms with Crippen LogP contribution in [0, 0.1) is 11.3 Å². The molecule has 0 aromatic carbocycles. The predicted molar refractivity (Wildman–Crippen MR) is 47.5 cm³/mol. The molecule has 0 amide bonds. The van der Waals surface area contributed by atoms with E-state index in [-0.39, 0.29) is 12.3 Å². The third-order valence-corrected chi connectivity index (χ3v) is 1.92. The highest BCUT2D eigenvalue weighted by atomic mass is 16.4. The standard InChI is InChI=1S/C9H16O4/c1-6(2)4-9(3,8(12)13)5-7(10)11/h6H,4-5H2,1-3H3,(H,10,11)(H,12,13)/t9-/m1/s1. The summed E-state index contributed by atoms with van der Waals surface area (Å²) >= 11 is 0. The SMILES string of the molecule is CC(C)C[C@](C)(CC(=O)O)C(=O)O. The zero-order chi connectivity index (χ0) is 10.6. The highest BCUT2D eigenvalue weighted by Crippen LogP contribution is 2.30. The second-order valence-electron chi connectivity index (χ2n) is 4.03. The van der Waals surface area contributed by atoms with Gasteiger partial charge in [0.25, 0.3) is 0 Å². The molecule has 4 nitrogen and oxygen atoms in total. The molecule has 13 heavy (non-hydrogen) atoms. The molecule has 0 aliphatic carbocycles. The zero-order valence-electron chi connectivity index (χ0n) is 8.20. The van der Waals surface area contributed by atoms with Crippen LogP contribution in [0.4, 0.5) is 0 Å². The van der Waals surface area contributed by atoms with E-state index in [1.165, 1.54) is 6.92 Å². The maximum atomic E-state index is 10.8. The van der Waals surface area contributed by atoms with Crippen LogP contribution in [0.1, 0.15) is 33.6 Å². The van der Waals surface area contributed by atoms with E-state index in [2.05, 4.69) is 0 Å². The summed E-state index contributed by atoms with van der Waals surface area (Å²) in [5, 5.41) is 17.4. The van der Waals surface area contributed by atoms with Crippen LogP contribution in [0.25, 0.3) is 0 Å². The van der Waals surface area contributed by atoms with Crippen molar-refractivity contribution in [3.63, 3.8) is 0 Å². The number of rotatable bonds is 5. The first-order valence-corrected chi connectivity index (χ1v) is 4.23. The average Bonchev–Trinajstić information content (AvgIpc) is 1.82. The minimum atomic E-state index is -1.14. The molecule has 76 valence electrons. The number of aliphatic carboxylic acids is 2. The molecule has 0 aromatic rings. The van der Waals surface area contributed by atoms with E-state index in [1.807, 2.05) is 13.8 Å². The average molecular weight is 188 g/mol. The van der Waals surface area contributed by atoms with Crippen LogP contribution in [0.15, 0.2) is 0 Å². The van der Waals surface area contributed by atoms with Crippen LogP contribution < -0.4 is 0 Å². The summed E-state index contributed by atoms with van der Waals surface area (Å²) in [6, 6.07) is 0. The van der Waals surface area contributed by atoms with E-state index in [9.17, 15) is 9.59 Å². The number of hydrogen-bond acceptors (Lipinski definition) is 2. The first-order valence-electron chi connectivity index (χ1n) is 4.23. The van der Waals surface area contributed by atoms with Gasteiger partial charge in [0.2, 0.25) is 0 Å². The van der Waals surface area contributed by atoms with E-state index in [1.54, 1.807) is 0 Å². The lowest BCUT2D eigenvalue weighted by Crippen LogP contribution is -2.31. The fourth-order valence-electron chi connectivity index (χ4n) is 1.47. The highest BCUT2D eigenvalue weighted by molar-refractivity contribution is 5.81. The molecular formula is C9H16O4. The Bertz CT molecular complexity index is 210. The van der Waals surface area contributed by atoms with Crippen molar-refractivity contribution in [1.29, 1.82) is 0 Å². The first-order chi connectivity index (χ1) is 5.78. The topological polar surface area (TPSA) is 74.6 Å². The van der Waals surface area contributed by atoms with Crippen molar-refractivity contribution in [2.24, 2.45) is 11.3 Å². The van der Waals surface area contributed by atoms with E-state index < -0.39 is 17.4 Å². The van der Waals surface area contributed by atoms with Crippen LogP contribution in [0.3, 0.4) is 0 Å². The molecule has 0 rings (SSSR count). The molecule has 0 aliphatic rings. The first kappa shape index (κ1) is 11.9. The van der Waals surface area contributed by atoms with Gasteiger partial charge in [0.15, 0.2) is 0 Å². The van der Waals surface area contributed by atoms with Gasteiger partial charge in [-0.1, -0.05) is 13.8 Å². The van der Waals surface area contributed by atoms with Gasteiger partial charge in [0.1, 0.15) is 0 Å². The highest BCUT2D eigenvalue weighted by Gasteiger charge is 2.36. The van der Waals surface area contributed by atoms with E-state index in [0.717, 1.165) is 0 Å². The third-order valence-electron chi connectivity index (χ3n) is 1.92. The summed E-state index contributed by atoms with van der Waals surface area (Å²) < 4.78 is 0. The fraction of sp³-hybridized carbons (Fsp3) is 0.778. The Morgan fingerprint density at radius 3 is 2.00 bits per heavy atom. The summed E-state index contributed by atoms with van der Waals surface area (Å²) in [6.45, 7) is 5.23.